The molecule has 0 aromatic carbocycles. The average molecular weight is 203 g/mol. The molecule has 1 atom stereocenters. The number of hydrogen-bond donors (Lipinski definition) is 3. The zero-order valence-corrected chi connectivity index (χ0v) is 8.24. The molecule has 0 unspecified atom stereocenters. The van der Waals surface area contributed by atoms with E-state index in [-0.39, 0.29) is 5.91 Å². The third-order valence-corrected chi connectivity index (χ3v) is 3.08. The molecule has 13 heavy (non-hydrogen) atoms. The molecular formula is C7H13N3O2S. The van der Waals surface area contributed by atoms with E-state index in [0.717, 1.165) is 5.75 Å². The van der Waals surface area contributed by atoms with Gasteiger partial charge in [-0.15, -0.1) is 0 Å². The molecule has 0 aromatic heterocycles. The molecule has 1 heterocycles. The van der Waals surface area contributed by atoms with Crippen LogP contribution in [0.1, 0.15) is 6.92 Å². The summed E-state index contributed by atoms with van der Waals surface area (Å²) < 4.78 is 0. The third-order valence-electron chi connectivity index (χ3n) is 1.77. The molecule has 1 fully saturated rings. The minimum atomic E-state index is -0.767. The monoisotopic (exact) mass is 203 g/mol. The van der Waals surface area contributed by atoms with Crippen molar-refractivity contribution in [1.29, 1.82) is 0 Å². The lowest BCUT2D eigenvalue weighted by Gasteiger charge is -2.19. The zero-order valence-electron chi connectivity index (χ0n) is 7.42. The fourth-order valence-corrected chi connectivity index (χ4v) is 1.96. The van der Waals surface area contributed by atoms with Crippen LogP contribution in [0.2, 0.25) is 0 Å². The molecule has 6 heteroatoms. The topological polar surface area (TPSA) is 84.2 Å². The van der Waals surface area contributed by atoms with Crippen LogP contribution in [-0.4, -0.2) is 35.5 Å². The smallest absolute Gasteiger partial charge is 0.322 e. The van der Waals surface area contributed by atoms with Crippen LogP contribution in [0.25, 0.3) is 0 Å². The summed E-state index contributed by atoms with van der Waals surface area (Å²) in [6, 6.07) is -0.416. The second-order valence-corrected chi connectivity index (χ2v) is 4.19. The van der Waals surface area contributed by atoms with Gasteiger partial charge in [-0.2, -0.15) is 11.8 Å². The van der Waals surface area contributed by atoms with Gasteiger partial charge in [0.1, 0.15) is 5.54 Å². The van der Waals surface area contributed by atoms with Gasteiger partial charge in [0.05, 0.1) is 0 Å². The van der Waals surface area contributed by atoms with Gasteiger partial charge in [0, 0.05) is 18.1 Å². The SMILES string of the molecule is C[C@]1(CSCCN)NC(=O)NC1=O. The van der Waals surface area contributed by atoms with Crippen LogP contribution in [0.3, 0.4) is 0 Å². The van der Waals surface area contributed by atoms with E-state index in [9.17, 15) is 9.59 Å². The van der Waals surface area contributed by atoms with E-state index >= 15 is 0 Å². The van der Waals surface area contributed by atoms with Crippen LogP contribution in [0.4, 0.5) is 4.79 Å². The highest BCUT2D eigenvalue weighted by molar-refractivity contribution is 7.99. The molecule has 0 saturated carbocycles. The molecule has 1 aliphatic rings. The highest BCUT2D eigenvalue weighted by Gasteiger charge is 2.41. The molecule has 0 spiro atoms. The number of rotatable bonds is 4. The standard InChI is InChI=1S/C7H13N3O2S/c1-7(4-13-3-2-8)5(11)9-6(12)10-7/h2-4,8H2,1H3,(H2,9,10,11,12)/t7-/m1/s1. The Balaban J connectivity index is 2.46. The Morgan fingerprint density at radius 2 is 2.23 bits per heavy atom. The van der Waals surface area contributed by atoms with Crippen molar-refractivity contribution in [3.05, 3.63) is 0 Å². The summed E-state index contributed by atoms with van der Waals surface area (Å²) in [5.41, 5.74) is 4.54. The highest BCUT2D eigenvalue weighted by atomic mass is 32.2. The van der Waals surface area contributed by atoms with Gasteiger partial charge in [-0.05, 0) is 6.92 Å². The van der Waals surface area contributed by atoms with Crippen molar-refractivity contribution in [2.75, 3.05) is 18.1 Å². The molecule has 1 aliphatic heterocycles. The Labute approximate surface area is 80.8 Å². The van der Waals surface area contributed by atoms with E-state index in [0.29, 0.717) is 12.3 Å². The lowest BCUT2D eigenvalue weighted by Crippen LogP contribution is -2.46. The molecule has 1 rings (SSSR count). The van der Waals surface area contributed by atoms with Crippen LogP contribution in [0, 0.1) is 0 Å². The Bertz CT molecular complexity index is 234. The highest BCUT2D eigenvalue weighted by Crippen LogP contribution is 2.16. The first-order valence-corrected chi connectivity index (χ1v) is 5.15. The molecule has 0 radical (unpaired) electrons. The quantitative estimate of drug-likeness (QED) is 0.416. The molecule has 0 bridgehead atoms. The second kappa shape index (κ2) is 3.97. The lowest BCUT2D eigenvalue weighted by atomic mass is 10.1. The fraction of sp³-hybridized carbons (Fsp3) is 0.714. The van der Waals surface area contributed by atoms with Crippen LogP contribution in [-0.2, 0) is 4.79 Å². The normalized spacial score (nSPS) is 27.2. The summed E-state index contributed by atoms with van der Waals surface area (Å²) in [5, 5.41) is 4.78. The summed E-state index contributed by atoms with van der Waals surface area (Å²) >= 11 is 1.55. The maximum absolute atomic E-state index is 11.3. The van der Waals surface area contributed by atoms with Gasteiger partial charge in [-0.1, -0.05) is 0 Å². The van der Waals surface area contributed by atoms with E-state index in [4.69, 9.17) is 5.73 Å². The van der Waals surface area contributed by atoms with Gasteiger partial charge >= 0.3 is 6.03 Å². The molecular weight excluding hydrogens is 190 g/mol. The fourth-order valence-electron chi connectivity index (χ4n) is 1.04. The summed E-state index contributed by atoms with van der Waals surface area (Å²) in [6.07, 6.45) is 0. The Hall–Kier alpha value is -0.750. The van der Waals surface area contributed by atoms with Gasteiger partial charge in [0.25, 0.3) is 5.91 Å². The zero-order chi connectivity index (χ0) is 9.90. The van der Waals surface area contributed by atoms with Gasteiger partial charge in [-0.3, -0.25) is 10.1 Å². The first kappa shape index (κ1) is 10.3. The van der Waals surface area contributed by atoms with Crippen LogP contribution in [0.5, 0.6) is 0 Å². The lowest BCUT2D eigenvalue weighted by molar-refractivity contribution is -0.122. The van der Waals surface area contributed by atoms with Crippen LogP contribution >= 0.6 is 11.8 Å². The molecule has 0 aromatic rings. The summed E-state index contributed by atoms with van der Waals surface area (Å²) in [7, 11) is 0. The van der Waals surface area contributed by atoms with Crippen LogP contribution in [0.15, 0.2) is 0 Å². The predicted octanol–water partition coefficient (Wildman–Crippen LogP) is -0.724. The number of carbonyl (C=O) groups excluding carboxylic acids is 2. The molecule has 0 aliphatic carbocycles. The first-order valence-electron chi connectivity index (χ1n) is 4.00. The van der Waals surface area contributed by atoms with Gasteiger partial charge in [0.2, 0.25) is 0 Å². The van der Waals surface area contributed by atoms with E-state index in [1.54, 1.807) is 18.7 Å². The van der Waals surface area contributed by atoms with E-state index in [1.165, 1.54) is 0 Å². The van der Waals surface area contributed by atoms with E-state index < -0.39 is 11.6 Å². The molecule has 1 saturated heterocycles. The van der Waals surface area contributed by atoms with Crippen molar-refractivity contribution in [2.45, 2.75) is 12.5 Å². The third kappa shape index (κ3) is 2.35. The molecule has 4 N–H and O–H groups in total. The minimum Gasteiger partial charge on any atom is -0.330 e. The maximum Gasteiger partial charge on any atom is 0.322 e. The second-order valence-electron chi connectivity index (χ2n) is 3.08. The van der Waals surface area contributed by atoms with Gasteiger partial charge in [-0.25, -0.2) is 4.79 Å². The number of nitrogens with two attached hydrogens (primary N) is 1. The van der Waals surface area contributed by atoms with Crippen molar-refractivity contribution in [3.63, 3.8) is 0 Å². The first-order chi connectivity index (χ1) is 6.08. The largest absolute Gasteiger partial charge is 0.330 e. The van der Waals surface area contributed by atoms with Crippen molar-refractivity contribution in [2.24, 2.45) is 5.73 Å². The van der Waals surface area contributed by atoms with E-state index in [1.807, 2.05) is 0 Å². The Kier molecular flexibility index (Phi) is 3.16. The maximum atomic E-state index is 11.3. The Morgan fingerprint density at radius 3 is 2.69 bits per heavy atom. The summed E-state index contributed by atoms with van der Waals surface area (Å²) in [4.78, 5) is 22.1. The van der Waals surface area contributed by atoms with Crippen molar-refractivity contribution < 1.29 is 9.59 Å². The van der Waals surface area contributed by atoms with Crippen LogP contribution < -0.4 is 16.4 Å². The molecule has 74 valence electrons. The number of amides is 3. The molecule has 3 amide bonds. The number of nitrogens with one attached hydrogen (secondary N) is 2. The number of imide groups is 1. The number of thioether (sulfide) groups is 1. The summed E-state index contributed by atoms with van der Waals surface area (Å²) in [6.45, 7) is 2.28. The van der Waals surface area contributed by atoms with Gasteiger partial charge in [0.15, 0.2) is 0 Å². The minimum absolute atomic E-state index is 0.262. The number of hydrogen-bond acceptors (Lipinski definition) is 4. The predicted molar refractivity (Wildman–Crippen MR) is 51.5 cm³/mol. The Morgan fingerprint density at radius 1 is 1.54 bits per heavy atom. The van der Waals surface area contributed by atoms with Crippen molar-refractivity contribution in [1.82, 2.24) is 10.6 Å². The summed E-state index contributed by atoms with van der Waals surface area (Å²) in [5.74, 6) is 1.09. The average Bonchev–Trinajstić information content (AvgIpc) is 2.27. The van der Waals surface area contributed by atoms with Gasteiger partial charge < -0.3 is 11.1 Å². The number of urea groups is 1. The van der Waals surface area contributed by atoms with E-state index in [2.05, 4.69) is 10.6 Å². The molecule has 5 nitrogen and oxygen atoms in total. The number of carbonyl (C=O) groups is 2. The van der Waals surface area contributed by atoms with Crippen molar-refractivity contribution >= 4 is 23.7 Å². The van der Waals surface area contributed by atoms with Crippen molar-refractivity contribution in [3.8, 4) is 0 Å².